The second-order valence-corrected chi connectivity index (χ2v) is 4.59. The Bertz CT molecular complexity index is 105. The van der Waals surface area contributed by atoms with Crippen LogP contribution in [0.2, 0.25) is 0 Å². The van der Waals surface area contributed by atoms with Gasteiger partial charge in [0.2, 0.25) is 0 Å². The smallest absolute Gasteiger partial charge is 0.00200 e. The Balaban J connectivity index is 1.60. The number of hydrogen-bond acceptors (Lipinski definition) is 1. The highest BCUT2D eigenvalue weighted by molar-refractivity contribution is 4.74. The van der Waals surface area contributed by atoms with Gasteiger partial charge in [0.25, 0.3) is 0 Å². The van der Waals surface area contributed by atoms with Crippen LogP contribution in [0.25, 0.3) is 0 Å². The van der Waals surface area contributed by atoms with Gasteiger partial charge in [-0.2, -0.15) is 0 Å². The van der Waals surface area contributed by atoms with Crippen LogP contribution in [0.5, 0.6) is 0 Å². The summed E-state index contributed by atoms with van der Waals surface area (Å²) in [5.41, 5.74) is 0. The SMILES string of the molecule is C1CCC(CCC2CCNC2)C1. The average molecular weight is 167 g/mol. The molecular formula is C11H21N. The molecule has 1 aliphatic carbocycles. The van der Waals surface area contributed by atoms with Gasteiger partial charge < -0.3 is 5.32 Å². The first-order valence-electron chi connectivity index (χ1n) is 5.66. The molecule has 0 spiro atoms. The summed E-state index contributed by atoms with van der Waals surface area (Å²) >= 11 is 0. The van der Waals surface area contributed by atoms with Gasteiger partial charge >= 0.3 is 0 Å². The maximum atomic E-state index is 3.45. The molecule has 0 radical (unpaired) electrons. The van der Waals surface area contributed by atoms with E-state index in [1.54, 1.807) is 0 Å². The molecule has 0 aromatic heterocycles. The van der Waals surface area contributed by atoms with Crippen LogP contribution in [-0.2, 0) is 0 Å². The molecule has 0 amide bonds. The van der Waals surface area contributed by atoms with Gasteiger partial charge in [-0.3, -0.25) is 0 Å². The van der Waals surface area contributed by atoms with Gasteiger partial charge in [0.05, 0.1) is 0 Å². The van der Waals surface area contributed by atoms with Crippen LogP contribution in [-0.4, -0.2) is 13.1 Å². The zero-order valence-corrected chi connectivity index (χ0v) is 8.02. The fourth-order valence-corrected chi connectivity index (χ4v) is 2.73. The summed E-state index contributed by atoms with van der Waals surface area (Å²) in [4.78, 5) is 0. The Morgan fingerprint density at radius 3 is 2.33 bits per heavy atom. The summed E-state index contributed by atoms with van der Waals surface area (Å²) in [6.45, 7) is 2.57. The van der Waals surface area contributed by atoms with E-state index in [2.05, 4.69) is 5.32 Å². The fraction of sp³-hybridized carbons (Fsp3) is 1.00. The molecule has 2 rings (SSSR count). The second-order valence-electron chi connectivity index (χ2n) is 4.59. The lowest BCUT2D eigenvalue weighted by molar-refractivity contribution is 0.415. The van der Waals surface area contributed by atoms with Crippen molar-refractivity contribution < 1.29 is 0 Å². The van der Waals surface area contributed by atoms with Gasteiger partial charge in [-0.05, 0) is 37.8 Å². The van der Waals surface area contributed by atoms with Crippen molar-refractivity contribution in [3.63, 3.8) is 0 Å². The summed E-state index contributed by atoms with van der Waals surface area (Å²) < 4.78 is 0. The van der Waals surface area contributed by atoms with Gasteiger partial charge in [-0.1, -0.05) is 32.1 Å². The minimum absolute atomic E-state index is 1.02. The maximum absolute atomic E-state index is 3.45. The lowest BCUT2D eigenvalue weighted by atomic mass is 9.94. The molecule has 1 heterocycles. The van der Waals surface area contributed by atoms with Crippen LogP contribution < -0.4 is 5.32 Å². The third-order valence-corrected chi connectivity index (χ3v) is 3.62. The Labute approximate surface area is 75.9 Å². The summed E-state index contributed by atoms with van der Waals surface area (Å²) in [5, 5.41) is 3.45. The zero-order valence-electron chi connectivity index (χ0n) is 8.02. The molecule has 1 N–H and O–H groups in total. The largest absolute Gasteiger partial charge is 0.316 e. The Hall–Kier alpha value is -0.0400. The molecule has 1 aliphatic heterocycles. The molecule has 0 aromatic carbocycles. The normalized spacial score (nSPS) is 31.5. The summed E-state index contributed by atoms with van der Waals surface area (Å²) in [5.74, 6) is 2.12. The number of hydrogen-bond donors (Lipinski definition) is 1. The van der Waals surface area contributed by atoms with Crippen molar-refractivity contribution in [2.75, 3.05) is 13.1 Å². The van der Waals surface area contributed by atoms with Gasteiger partial charge in [0.1, 0.15) is 0 Å². The molecule has 1 heteroatoms. The molecule has 0 aromatic rings. The lowest BCUT2D eigenvalue weighted by Crippen LogP contribution is -2.09. The maximum Gasteiger partial charge on any atom is -0.00200 e. The second kappa shape index (κ2) is 4.27. The van der Waals surface area contributed by atoms with Crippen LogP contribution >= 0.6 is 0 Å². The first-order valence-corrected chi connectivity index (χ1v) is 5.66. The van der Waals surface area contributed by atoms with E-state index in [-0.39, 0.29) is 0 Å². The van der Waals surface area contributed by atoms with Crippen LogP contribution in [0.3, 0.4) is 0 Å². The molecule has 2 fully saturated rings. The highest BCUT2D eigenvalue weighted by Gasteiger charge is 2.19. The van der Waals surface area contributed by atoms with Crippen LogP contribution in [0, 0.1) is 11.8 Å². The molecule has 12 heavy (non-hydrogen) atoms. The Morgan fingerprint density at radius 2 is 1.67 bits per heavy atom. The molecule has 2 aliphatic rings. The van der Waals surface area contributed by atoms with Gasteiger partial charge in [0, 0.05) is 0 Å². The first kappa shape index (κ1) is 8.55. The minimum atomic E-state index is 1.02. The standard InChI is InChI=1S/C11H21N/c1-2-4-10(3-1)5-6-11-7-8-12-9-11/h10-12H,1-9H2. The van der Waals surface area contributed by atoms with Crippen molar-refractivity contribution in [2.45, 2.75) is 44.9 Å². The van der Waals surface area contributed by atoms with E-state index in [1.165, 1.54) is 58.0 Å². The van der Waals surface area contributed by atoms with Gasteiger partial charge in [-0.15, -0.1) is 0 Å². The van der Waals surface area contributed by atoms with E-state index in [0.717, 1.165) is 11.8 Å². The summed E-state index contributed by atoms with van der Waals surface area (Å²) in [6, 6.07) is 0. The van der Waals surface area contributed by atoms with Crippen molar-refractivity contribution in [1.82, 2.24) is 5.32 Å². The third-order valence-electron chi connectivity index (χ3n) is 3.62. The van der Waals surface area contributed by atoms with E-state index in [4.69, 9.17) is 0 Å². The number of nitrogens with one attached hydrogen (secondary N) is 1. The van der Waals surface area contributed by atoms with Crippen molar-refractivity contribution in [2.24, 2.45) is 11.8 Å². The molecule has 70 valence electrons. The molecule has 1 saturated heterocycles. The van der Waals surface area contributed by atoms with E-state index >= 15 is 0 Å². The Kier molecular flexibility index (Phi) is 3.04. The lowest BCUT2D eigenvalue weighted by Gasteiger charge is -2.12. The van der Waals surface area contributed by atoms with Crippen molar-refractivity contribution in [3.8, 4) is 0 Å². The Morgan fingerprint density at radius 1 is 0.917 bits per heavy atom. The highest BCUT2D eigenvalue weighted by atomic mass is 14.9. The number of rotatable bonds is 3. The van der Waals surface area contributed by atoms with Crippen molar-refractivity contribution in [3.05, 3.63) is 0 Å². The predicted octanol–water partition coefficient (Wildman–Crippen LogP) is 2.57. The quantitative estimate of drug-likeness (QED) is 0.681. The van der Waals surface area contributed by atoms with Crippen molar-refractivity contribution >= 4 is 0 Å². The topological polar surface area (TPSA) is 12.0 Å². The minimum Gasteiger partial charge on any atom is -0.316 e. The van der Waals surface area contributed by atoms with E-state index in [1.807, 2.05) is 0 Å². The molecule has 1 nitrogen and oxygen atoms in total. The van der Waals surface area contributed by atoms with E-state index in [0.29, 0.717) is 0 Å². The van der Waals surface area contributed by atoms with Gasteiger partial charge in [-0.25, -0.2) is 0 Å². The van der Waals surface area contributed by atoms with Crippen LogP contribution in [0.1, 0.15) is 44.9 Å². The molecule has 1 atom stereocenters. The molecular weight excluding hydrogens is 146 g/mol. The van der Waals surface area contributed by atoms with Gasteiger partial charge in [0.15, 0.2) is 0 Å². The van der Waals surface area contributed by atoms with Crippen LogP contribution in [0.4, 0.5) is 0 Å². The van der Waals surface area contributed by atoms with Crippen LogP contribution in [0.15, 0.2) is 0 Å². The van der Waals surface area contributed by atoms with E-state index in [9.17, 15) is 0 Å². The fourth-order valence-electron chi connectivity index (χ4n) is 2.73. The summed E-state index contributed by atoms with van der Waals surface area (Å²) in [7, 11) is 0. The average Bonchev–Trinajstić information content (AvgIpc) is 2.74. The zero-order chi connectivity index (χ0) is 8.23. The summed E-state index contributed by atoms with van der Waals surface area (Å²) in [6.07, 6.45) is 10.5. The predicted molar refractivity (Wildman–Crippen MR) is 52.2 cm³/mol. The highest BCUT2D eigenvalue weighted by Crippen LogP contribution is 2.30. The monoisotopic (exact) mass is 167 g/mol. The molecule has 1 saturated carbocycles. The van der Waals surface area contributed by atoms with E-state index < -0.39 is 0 Å². The molecule has 1 unspecified atom stereocenters. The van der Waals surface area contributed by atoms with Crippen molar-refractivity contribution in [1.29, 1.82) is 0 Å². The third kappa shape index (κ3) is 2.22. The first-order chi connectivity index (χ1) is 5.95. The molecule has 0 bridgehead atoms.